The van der Waals surface area contributed by atoms with Gasteiger partial charge < -0.3 is 5.11 Å². The number of hydrogen-bond donors (Lipinski definition) is 1. The first-order valence-corrected chi connectivity index (χ1v) is 7.87. The van der Waals surface area contributed by atoms with E-state index in [9.17, 15) is 9.90 Å². The Hall–Kier alpha value is -1.77. The van der Waals surface area contributed by atoms with Gasteiger partial charge in [0.05, 0.1) is 17.7 Å². The molecule has 0 fully saturated rings. The predicted molar refractivity (Wildman–Crippen MR) is 86.2 cm³/mol. The number of likely N-dealkylation sites (N-methyl/N-ethyl adjacent to an activating group) is 1. The van der Waals surface area contributed by atoms with Crippen LogP contribution in [0.4, 0.5) is 0 Å². The zero-order valence-electron chi connectivity index (χ0n) is 13.1. The van der Waals surface area contributed by atoms with Crippen LogP contribution < -0.4 is 5.56 Å². The average molecular weight is 321 g/mol. The maximum absolute atomic E-state index is 12.3. The topological polar surface area (TPSA) is 75.7 Å². The van der Waals surface area contributed by atoms with Gasteiger partial charge in [-0.25, -0.2) is 0 Å². The van der Waals surface area contributed by atoms with Crippen molar-refractivity contribution in [2.24, 2.45) is 7.05 Å². The highest BCUT2D eigenvalue weighted by Gasteiger charge is 2.19. The third-order valence-corrected chi connectivity index (χ3v) is 4.36. The molecule has 0 aliphatic carbocycles. The highest BCUT2D eigenvalue weighted by atomic mass is 32.1. The van der Waals surface area contributed by atoms with Crippen LogP contribution in [0.25, 0.3) is 16.0 Å². The van der Waals surface area contributed by atoms with Crippen molar-refractivity contribution in [1.29, 1.82) is 0 Å². The van der Waals surface area contributed by atoms with E-state index in [1.54, 1.807) is 20.9 Å². The quantitative estimate of drug-likeness (QED) is 0.771. The van der Waals surface area contributed by atoms with Crippen molar-refractivity contribution in [3.05, 3.63) is 27.6 Å². The second kappa shape index (κ2) is 5.15. The number of aliphatic hydroxyl groups is 1. The van der Waals surface area contributed by atoms with Gasteiger partial charge in [-0.2, -0.15) is 0 Å². The summed E-state index contributed by atoms with van der Waals surface area (Å²) in [6.07, 6.45) is 0. The van der Waals surface area contributed by atoms with Crippen molar-refractivity contribution in [3.63, 3.8) is 0 Å². The summed E-state index contributed by atoms with van der Waals surface area (Å²) in [6.45, 7) is 4.59. The zero-order valence-corrected chi connectivity index (χ0v) is 13.9. The molecule has 3 aromatic heterocycles. The van der Waals surface area contributed by atoms with Crippen LogP contribution in [0.5, 0.6) is 0 Å². The molecule has 7 nitrogen and oxygen atoms in total. The number of aromatic nitrogens is 4. The van der Waals surface area contributed by atoms with Gasteiger partial charge in [0.1, 0.15) is 4.70 Å². The molecule has 0 bridgehead atoms. The van der Waals surface area contributed by atoms with Crippen LogP contribution in [0.1, 0.15) is 19.7 Å². The van der Waals surface area contributed by atoms with E-state index < -0.39 is 5.60 Å². The first-order chi connectivity index (χ1) is 10.3. The van der Waals surface area contributed by atoms with Gasteiger partial charge in [0.25, 0.3) is 5.56 Å². The molecule has 0 unspecified atom stereocenters. The molecular formula is C14H19N5O2S. The van der Waals surface area contributed by atoms with Crippen LogP contribution in [0.2, 0.25) is 0 Å². The Balaban J connectivity index is 2.10. The minimum atomic E-state index is -0.778. The van der Waals surface area contributed by atoms with Crippen LogP contribution in [0.15, 0.2) is 16.2 Å². The number of nitrogens with zero attached hydrogens (tertiary/aromatic N) is 5. The maximum atomic E-state index is 12.3. The molecule has 118 valence electrons. The number of hydrogen-bond acceptors (Lipinski definition) is 6. The summed E-state index contributed by atoms with van der Waals surface area (Å²) in [6, 6.07) is 1.91. The lowest BCUT2D eigenvalue weighted by atomic mass is 10.1. The van der Waals surface area contributed by atoms with Crippen molar-refractivity contribution in [2.45, 2.75) is 26.0 Å². The Labute approximate surface area is 131 Å². The van der Waals surface area contributed by atoms with Crippen LogP contribution in [-0.4, -0.2) is 48.4 Å². The molecule has 3 aromatic rings. The second-order valence-electron chi connectivity index (χ2n) is 6.24. The molecular weight excluding hydrogens is 302 g/mol. The normalized spacial score (nSPS) is 12.8. The Bertz CT molecular complexity index is 886. The van der Waals surface area contributed by atoms with E-state index in [0.29, 0.717) is 23.6 Å². The lowest BCUT2D eigenvalue weighted by Crippen LogP contribution is -2.36. The third kappa shape index (κ3) is 2.53. The fourth-order valence-corrected chi connectivity index (χ4v) is 3.56. The van der Waals surface area contributed by atoms with Crippen molar-refractivity contribution >= 4 is 27.3 Å². The van der Waals surface area contributed by atoms with Crippen LogP contribution in [-0.2, 0) is 13.6 Å². The van der Waals surface area contributed by atoms with Gasteiger partial charge in [0.15, 0.2) is 5.82 Å². The molecule has 1 N–H and O–H groups in total. The first-order valence-electron chi connectivity index (χ1n) is 6.99. The summed E-state index contributed by atoms with van der Waals surface area (Å²) in [7, 11) is 3.63. The summed E-state index contributed by atoms with van der Waals surface area (Å²) >= 11 is 1.42. The lowest BCUT2D eigenvalue weighted by molar-refractivity contribution is 0.0417. The van der Waals surface area contributed by atoms with E-state index in [2.05, 4.69) is 10.2 Å². The van der Waals surface area contributed by atoms with E-state index in [4.69, 9.17) is 0 Å². The van der Waals surface area contributed by atoms with E-state index in [-0.39, 0.29) is 5.56 Å². The number of thiophene rings is 1. The number of aryl methyl sites for hydroxylation is 1. The van der Waals surface area contributed by atoms with Gasteiger partial charge in [0, 0.05) is 13.6 Å². The Morgan fingerprint density at radius 2 is 2.14 bits per heavy atom. The number of rotatable bonds is 4. The van der Waals surface area contributed by atoms with Gasteiger partial charge >= 0.3 is 0 Å². The van der Waals surface area contributed by atoms with Gasteiger partial charge in [-0.1, -0.05) is 0 Å². The number of fused-ring (bicyclic) bond motifs is 3. The molecule has 0 aliphatic heterocycles. The van der Waals surface area contributed by atoms with Crippen molar-refractivity contribution in [3.8, 4) is 0 Å². The standard InChI is InChI=1S/C14H19N5O2S/c1-14(2,21)8-17(3)7-10-15-16-13-18(4)12(20)11-9(19(10)13)5-6-22-11/h5-6,21H,7-8H2,1-4H3. The maximum Gasteiger partial charge on any atom is 0.272 e. The fourth-order valence-electron chi connectivity index (χ4n) is 2.71. The molecule has 3 rings (SSSR count). The molecule has 8 heteroatoms. The van der Waals surface area contributed by atoms with Crippen molar-refractivity contribution in [1.82, 2.24) is 24.1 Å². The molecule has 0 saturated heterocycles. The fraction of sp³-hybridized carbons (Fsp3) is 0.500. The Kier molecular flexibility index (Phi) is 3.54. The van der Waals surface area contributed by atoms with E-state index in [1.807, 2.05) is 27.8 Å². The molecule has 22 heavy (non-hydrogen) atoms. The molecule has 0 amide bonds. The van der Waals surface area contributed by atoms with Crippen molar-refractivity contribution in [2.75, 3.05) is 13.6 Å². The first kappa shape index (κ1) is 15.1. The Morgan fingerprint density at radius 1 is 1.41 bits per heavy atom. The molecule has 0 aliphatic rings. The molecule has 0 spiro atoms. The molecule has 0 atom stereocenters. The molecule has 0 aromatic carbocycles. The minimum Gasteiger partial charge on any atom is -0.389 e. The van der Waals surface area contributed by atoms with Gasteiger partial charge in [-0.15, -0.1) is 21.5 Å². The van der Waals surface area contributed by atoms with Crippen LogP contribution in [0, 0.1) is 0 Å². The van der Waals surface area contributed by atoms with E-state index in [1.165, 1.54) is 15.9 Å². The highest BCUT2D eigenvalue weighted by molar-refractivity contribution is 7.17. The molecule has 0 radical (unpaired) electrons. The molecule has 3 heterocycles. The average Bonchev–Trinajstić information content (AvgIpc) is 2.99. The lowest BCUT2D eigenvalue weighted by Gasteiger charge is -2.24. The summed E-state index contributed by atoms with van der Waals surface area (Å²) in [5.74, 6) is 1.28. The monoisotopic (exact) mass is 321 g/mol. The Morgan fingerprint density at radius 3 is 2.82 bits per heavy atom. The van der Waals surface area contributed by atoms with Crippen LogP contribution in [0.3, 0.4) is 0 Å². The summed E-state index contributed by atoms with van der Waals surface area (Å²) in [4.78, 5) is 14.3. The van der Waals surface area contributed by atoms with Gasteiger partial charge in [-0.05, 0) is 32.3 Å². The van der Waals surface area contributed by atoms with E-state index in [0.717, 1.165) is 11.3 Å². The van der Waals surface area contributed by atoms with Crippen LogP contribution >= 0.6 is 11.3 Å². The van der Waals surface area contributed by atoms with Gasteiger partial charge in [-0.3, -0.25) is 18.7 Å². The summed E-state index contributed by atoms with van der Waals surface area (Å²) in [5.41, 5.74) is 0.000777. The van der Waals surface area contributed by atoms with Gasteiger partial charge in [0.2, 0.25) is 5.78 Å². The summed E-state index contributed by atoms with van der Waals surface area (Å²) < 4.78 is 4.13. The summed E-state index contributed by atoms with van der Waals surface area (Å²) in [5, 5.41) is 20.2. The minimum absolute atomic E-state index is 0.0544. The smallest absolute Gasteiger partial charge is 0.272 e. The predicted octanol–water partition coefficient (Wildman–Crippen LogP) is 0.845. The largest absolute Gasteiger partial charge is 0.389 e. The zero-order chi connectivity index (χ0) is 16.1. The third-order valence-electron chi connectivity index (χ3n) is 3.47. The van der Waals surface area contributed by atoms with Crippen molar-refractivity contribution < 1.29 is 5.11 Å². The molecule has 0 saturated carbocycles. The SMILES string of the molecule is CN(Cc1nnc2n(C)c(=O)c3sccc3n12)CC(C)(C)O. The highest BCUT2D eigenvalue weighted by Crippen LogP contribution is 2.19. The second-order valence-corrected chi connectivity index (χ2v) is 7.15. The van der Waals surface area contributed by atoms with E-state index >= 15 is 0 Å².